The van der Waals surface area contributed by atoms with Gasteiger partial charge in [-0.05, 0) is 37.6 Å². The fourth-order valence-corrected chi connectivity index (χ4v) is 1.88. The van der Waals surface area contributed by atoms with Crippen LogP contribution in [-0.2, 0) is 4.79 Å². The molecule has 1 N–H and O–H groups in total. The molecule has 0 aliphatic carbocycles. The molecule has 0 aromatic carbocycles. The van der Waals surface area contributed by atoms with E-state index in [2.05, 4.69) is 24.2 Å². The van der Waals surface area contributed by atoms with E-state index in [1.807, 2.05) is 0 Å². The Kier molecular flexibility index (Phi) is 7.35. The van der Waals surface area contributed by atoms with Crippen LogP contribution in [0.4, 0.5) is 0 Å². The van der Waals surface area contributed by atoms with E-state index in [9.17, 15) is 0 Å². The highest BCUT2D eigenvalue weighted by atomic mass is 16.1. The SMILES string of the molecule is CCC1(CC)CCCNC1.CN=C=O. The Morgan fingerprint density at radius 3 is 2.21 bits per heavy atom. The first-order valence-corrected chi connectivity index (χ1v) is 5.41. The lowest BCUT2D eigenvalue weighted by Crippen LogP contribution is -2.39. The summed E-state index contributed by atoms with van der Waals surface area (Å²) >= 11 is 0. The molecule has 1 aliphatic rings. The molecule has 0 saturated carbocycles. The van der Waals surface area contributed by atoms with Crippen molar-refractivity contribution >= 4 is 6.08 Å². The summed E-state index contributed by atoms with van der Waals surface area (Å²) in [6, 6.07) is 0. The molecule has 14 heavy (non-hydrogen) atoms. The number of nitrogens with one attached hydrogen (secondary N) is 1. The Morgan fingerprint density at radius 2 is 2.00 bits per heavy atom. The van der Waals surface area contributed by atoms with Crippen LogP contribution < -0.4 is 5.32 Å². The van der Waals surface area contributed by atoms with Crippen molar-refractivity contribution in [2.75, 3.05) is 20.1 Å². The summed E-state index contributed by atoms with van der Waals surface area (Å²) in [5.41, 5.74) is 0.651. The van der Waals surface area contributed by atoms with Crippen molar-refractivity contribution in [3.63, 3.8) is 0 Å². The van der Waals surface area contributed by atoms with Crippen molar-refractivity contribution in [2.24, 2.45) is 10.4 Å². The van der Waals surface area contributed by atoms with Gasteiger partial charge in [0.1, 0.15) is 0 Å². The largest absolute Gasteiger partial charge is 0.316 e. The molecule has 1 saturated heterocycles. The average molecular weight is 198 g/mol. The third-order valence-electron chi connectivity index (χ3n) is 3.15. The van der Waals surface area contributed by atoms with Gasteiger partial charge in [0.2, 0.25) is 6.08 Å². The first-order valence-electron chi connectivity index (χ1n) is 5.41. The van der Waals surface area contributed by atoms with E-state index < -0.39 is 0 Å². The predicted molar refractivity (Wildman–Crippen MR) is 59.2 cm³/mol. The minimum absolute atomic E-state index is 0.651. The van der Waals surface area contributed by atoms with Crippen LogP contribution >= 0.6 is 0 Å². The highest BCUT2D eigenvalue weighted by Gasteiger charge is 2.27. The topological polar surface area (TPSA) is 41.5 Å². The lowest BCUT2D eigenvalue weighted by molar-refractivity contribution is 0.192. The smallest absolute Gasteiger partial charge is 0.234 e. The number of piperidine rings is 1. The van der Waals surface area contributed by atoms with E-state index in [-0.39, 0.29) is 0 Å². The zero-order valence-corrected chi connectivity index (χ0v) is 9.60. The van der Waals surface area contributed by atoms with Crippen molar-refractivity contribution in [2.45, 2.75) is 39.5 Å². The van der Waals surface area contributed by atoms with Gasteiger partial charge in [0.15, 0.2) is 0 Å². The number of hydrogen-bond donors (Lipinski definition) is 1. The highest BCUT2D eigenvalue weighted by molar-refractivity contribution is 5.32. The Morgan fingerprint density at radius 1 is 1.43 bits per heavy atom. The molecule has 1 fully saturated rings. The van der Waals surface area contributed by atoms with Crippen LogP contribution in [0.1, 0.15) is 39.5 Å². The Labute approximate surface area is 87.0 Å². The maximum absolute atomic E-state index is 8.88. The minimum Gasteiger partial charge on any atom is -0.316 e. The average Bonchev–Trinajstić information content (AvgIpc) is 2.30. The summed E-state index contributed by atoms with van der Waals surface area (Å²) in [6.45, 7) is 7.12. The van der Waals surface area contributed by atoms with Gasteiger partial charge >= 0.3 is 0 Å². The number of rotatable bonds is 2. The van der Waals surface area contributed by atoms with Crippen molar-refractivity contribution in [3.05, 3.63) is 0 Å². The van der Waals surface area contributed by atoms with Crippen LogP contribution in [0.3, 0.4) is 0 Å². The van der Waals surface area contributed by atoms with Gasteiger partial charge < -0.3 is 5.32 Å². The maximum atomic E-state index is 8.88. The zero-order valence-electron chi connectivity index (χ0n) is 9.60. The van der Waals surface area contributed by atoms with Crippen molar-refractivity contribution in [3.8, 4) is 0 Å². The molecule has 1 heterocycles. The van der Waals surface area contributed by atoms with Gasteiger partial charge in [0.05, 0.1) is 0 Å². The van der Waals surface area contributed by atoms with Crippen molar-refractivity contribution in [1.29, 1.82) is 0 Å². The van der Waals surface area contributed by atoms with Crippen LogP contribution in [0.25, 0.3) is 0 Å². The second kappa shape index (κ2) is 7.72. The summed E-state index contributed by atoms with van der Waals surface area (Å²) in [7, 11) is 1.38. The van der Waals surface area contributed by atoms with E-state index in [1.165, 1.54) is 51.9 Å². The third kappa shape index (κ3) is 4.54. The first kappa shape index (κ1) is 13.3. The molecule has 0 atom stereocenters. The molecule has 0 spiro atoms. The zero-order chi connectivity index (χ0) is 10.9. The highest BCUT2D eigenvalue weighted by Crippen LogP contribution is 2.32. The van der Waals surface area contributed by atoms with Gasteiger partial charge in [-0.1, -0.05) is 13.8 Å². The molecular weight excluding hydrogens is 176 g/mol. The molecule has 0 aromatic rings. The number of carbonyl (C=O) groups excluding carboxylic acids is 1. The van der Waals surface area contributed by atoms with Crippen LogP contribution in [-0.4, -0.2) is 26.2 Å². The molecule has 0 unspecified atom stereocenters. The quantitative estimate of drug-likeness (QED) is 0.545. The maximum Gasteiger partial charge on any atom is 0.234 e. The number of aliphatic imine (C=N–C) groups is 1. The standard InChI is InChI=1S/C9H19N.C2H3NO/c1-3-9(4-2)6-5-7-10-8-9;1-3-2-4/h10H,3-8H2,1-2H3;1H3. The molecule has 0 aromatic heterocycles. The van der Waals surface area contributed by atoms with Gasteiger partial charge in [0.25, 0.3) is 0 Å². The Bertz CT molecular complexity index is 174. The summed E-state index contributed by atoms with van der Waals surface area (Å²) in [5.74, 6) is 0. The van der Waals surface area contributed by atoms with Crippen molar-refractivity contribution in [1.82, 2.24) is 5.32 Å². The van der Waals surface area contributed by atoms with Crippen molar-refractivity contribution < 1.29 is 4.79 Å². The molecule has 3 heteroatoms. The molecule has 1 rings (SSSR count). The summed E-state index contributed by atoms with van der Waals surface area (Å²) in [6.07, 6.45) is 6.81. The van der Waals surface area contributed by atoms with Crippen LogP contribution in [0.15, 0.2) is 4.99 Å². The molecular formula is C11H22N2O. The fraction of sp³-hybridized carbons (Fsp3) is 0.909. The lowest BCUT2D eigenvalue weighted by Gasteiger charge is -2.35. The molecule has 0 amide bonds. The fourth-order valence-electron chi connectivity index (χ4n) is 1.88. The molecule has 3 nitrogen and oxygen atoms in total. The molecule has 0 bridgehead atoms. The summed E-state index contributed by atoms with van der Waals surface area (Å²) in [4.78, 5) is 11.8. The lowest BCUT2D eigenvalue weighted by atomic mass is 9.76. The Balaban J connectivity index is 0.000000364. The van der Waals surface area contributed by atoms with Crippen LogP contribution in [0, 0.1) is 5.41 Å². The third-order valence-corrected chi connectivity index (χ3v) is 3.15. The van der Waals surface area contributed by atoms with Crippen LogP contribution in [0.5, 0.6) is 0 Å². The normalized spacial score (nSPS) is 18.8. The van der Waals surface area contributed by atoms with Crippen LogP contribution in [0.2, 0.25) is 0 Å². The van der Waals surface area contributed by atoms with E-state index in [1.54, 1.807) is 0 Å². The first-order chi connectivity index (χ1) is 6.74. The van der Waals surface area contributed by atoms with E-state index in [4.69, 9.17) is 4.79 Å². The second-order valence-electron chi connectivity index (χ2n) is 3.80. The van der Waals surface area contributed by atoms with Gasteiger partial charge in [-0.15, -0.1) is 0 Å². The summed E-state index contributed by atoms with van der Waals surface area (Å²) in [5, 5.41) is 3.48. The van der Waals surface area contributed by atoms with Gasteiger partial charge in [-0.25, -0.2) is 9.79 Å². The number of isocyanates is 1. The van der Waals surface area contributed by atoms with Gasteiger partial charge in [0, 0.05) is 13.6 Å². The van der Waals surface area contributed by atoms with E-state index in [0.29, 0.717) is 5.41 Å². The van der Waals surface area contributed by atoms with E-state index in [0.717, 1.165) is 0 Å². The van der Waals surface area contributed by atoms with E-state index >= 15 is 0 Å². The predicted octanol–water partition coefficient (Wildman–Crippen LogP) is 2.13. The molecule has 1 aliphatic heterocycles. The summed E-state index contributed by atoms with van der Waals surface area (Å²) < 4.78 is 0. The second-order valence-corrected chi connectivity index (χ2v) is 3.80. The number of nitrogens with zero attached hydrogens (tertiary/aromatic N) is 1. The molecule has 0 radical (unpaired) electrons. The molecule has 82 valence electrons. The van der Waals surface area contributed by atoms with Gasteiger partial charge in [-0.3, -0.25) is 0 Å². The monoisotopic (exact) mass is 198 g/mol. The number of hydrogen-bond acceptors (Lipinski definition) is 3. The Hall–Kier alpha value is -0.660. The van der Waals surface area contributed by atoms with Gasteiger partial charge in [-0.2, -0.15) is 0 Å². The minimum atomic E-state index is 0.651.